The molecule has 2 nitrogen and oxygen atoms in total. The fourth-order valence-corrected chi connectivity index (χ4v) is 2.21. The van der Waals surface area contributed by atoms with Crippen LogP contribution < -0.4 is 0 Å². The van der Waals surface area contributed by atoms with Crippen LogP contribution in [-0.4, -0.2) is 5.97 Å². The first kappa shape index (κ1) is 13.3. The van der Waals surface area contributed by atoms with Gasteiger partial charge >= 0.3 is 5.97 Å². The van der Waals surface area contributed by atoms with Crippen LogP contribution in [0.2, 0.25) is 0 Å². The third kappa shape index (κ3) is 3.44. The van der Waals surface area contributed by atoms with Crippen LogP contribution >= 0.6 is 0 Å². The Morgan fingerprint density at radius 3 is 1.84 bits per heavy atom. The van der Waals surface area contributed by atoms with Crippen LogP contribution in [0.1, 0.15) is 37.0 Å². The Morgan fingerprint density at radius 2 is 1.37 bits per heavy atom. The number of carbonyl (C=O) groups is 1. The van der Waals surface area contributed by atoms with Gasteiger partial charge in [0, 0.05) is 12.8 Å². The summed E-state index contributed by atoms with van der Waals surface area (Å²) in [6.07, 6.45) is -0.249. The molecule has 0 aliphatic carbocycles. The van der Waals surface area contributed by atoms with Crippen molar-refractivity contribution in [2.45, 2.75) is 25.9 Å². The van der Waals surface area contributed by atoms with Crippen LogP contribution in [0, 0.1) is 0 Å². The summed E-state index contributed by atoms with van der Waals surface area (Å²) in [6, 6.07) is 20.0. The van der Waals surface area contributed by atoms with E-state index in [1.54, 1.807) is 0 Å². The van der Waals surface area contributed by atoms with E-state index in [1.807, 2.05) is 48.5 Å². The molecule has 1 unspecified atom stereocenters. The van der Waals surface area contributed by atoms with Crippen LogP contribution in [-0.2, 0) is 9.53 Å². The van der Waals surface area contributed by atoms with Crippen molar-refractivity contribution in [2.24, 2.45) is 0 Å². The Kier molecular flexibility index (Phi) is 4.35. The van der Waals surface area contributed by atoms with E-state index in [4.69, 9.17) is 4.74 Å². The molecular formula is C17H18O2. The van der Waals surface area contributed by atoms with Crippen molar-refractivity contribution in [1.29, 1.82) is 0 Å². The molecule has 0 aromatic heterocycles. The standard InChI is InChI=1S/C17H18O2/c1-13(15-9-5-3-6-10-15)17(19-14(2)18)16-11-7-4-8-12-16/h3-13,17H,1-2H3/t13-,17?/m1/s1. The van der Waals surface area contributed by atoms with E-state index in [-0.39, 0.29) is 18.0 Å². The van der Waals surface area contributed by atoms with E-state index in [1.165, 1.54) is 6.92 Å². The molecule has 0 spiro atoms. The third-order valence-corrected chi connectivity index (χ3v) is 3.20. The van der Waals surface area contributed by atoms with Gasteiger partial charge in [0.2, 0.25) is 0 Å². The summed E-state index contributed by atoms with van der Waals surface area (Å²) < 4.78 is 5.51. The fraction of sp³-hybridized carbons (Fsp3) is 0.235. The molecule has 19 heavy (non-hydrogen) atoms. The Hall–Kier alpha value is -2.09. The van der Waals surface area contributed by atoms with Gasteiger partial charge in [-0.1, -0.05) is 67.6 Å². The van der Waals surface area contributed by atoms with E-state index >= 15 is 0 Å². The van der Waals surface area contributed by atoms with Crippen molar-refractivity contribution in [3.63, 3.8) is 0 Å². The monoisotopic (exact) mass is 254 g/mol. The molecule has 0 saturated heterocycles. The van der Waals surface area contributed by atoms with E-state index in [0.717, 1.165) is 11.1 Å². The maximum absolute atomic E-state index is 11.3. The summed E-state index contributed by atoms with van der Waals surface area (Å²) in [6.45, 7) is 3.53. The minimum Gasteiger partial charge on any atom is -0.457 e. The molecule has 2 rings (SSSR count). The number of esters is 1. The molecule has 2 atom stereocenters. The summed E-state index contributed by atoms with van der Waals surface area (Å²) in [5.41, 5.74) is 2.19. The van der Waals surface area contributed by atoms with Gasteiger partial charge in [-0.05, 0) is 11.1 Å². The molecule has 0 heterocycles. The van der Waals surface area contributed by atoms with Crippen LogP contribution in [0.5, 0.6) is 0 Å². The molecule has 0 N–H and O–H groups in total. The largest absolute Gasteiger partial charge is 0.457 e. The first-order chi connectivity index (χ1) is 9.18. The van der Waals surface area contributed by atoms with Gasteiger partial charge in [-0.25, -0.2) is 0 Å². The summed E-state index contributed by atoms with van der Waals surface area (Å²) in [7, 11) is 0. The summed E-state index contributed by atoms with van der Waals surface area (Å²) >= 11 is 0. The number of ether oxygens (including phenoxy) is 1. The van der Waals surface area contributed by atoms with Gasteiger partial charge < -0.3 is 4.74 Å². The predicted molar refractivity (Wildman–Crippen MR) is 75.8 cm³/mol. The van der Waals surface area contributed by atoms with Crippen molar-refractivity contribution in [1.82, 2.24) is 0 Å². The first-order valence-electron chi connectivity index (χ1n) is 6.45. The average Bonchev–Trinajstić information content (AvgIpc) is 2.46. The summed E-state index contributed by atoms with van der Waals surface area (Å²) in [4.78, 5) is 11.3. The van der Waals surface area contributed by atoms with Crippen LogP contribution in [0.3, 0.4) is 0 Å². The van der Waals surface area contributed by atoms with Crippen molar-refractivity contribution < 1.29 is 9.53 Å². The predicted octanol–water partition coefficient (Wildman–Crippen LogP) is 4.09. The van der Waals surface area contributed by atoms with Gasteiger partial charge in [0.1, 0.15) is 6.10 Å². The Labute approximate surface area is 114 Å². The van der Waals surface area contributed by atoms with Gasteiger partial charge in [-0.3, -0.25) is 4.79 Å². The molecular weight excluding hydrogens is 236 g/mol. The SMILES string of the molecule is CC(=O)OC(c1ccccc1)[C@H](C)c1ccccc1. The molecule has 0 amide bonds. The lowest BCUT2D eigenvalue weighted by Gasteiger charge is -2.24. The van der Waals surface area contributed by atoms with E-state index in [9.17, 15) is 4.79 Å². The maximum Gasteiger partial charge on any atom is 0.303 e. The van der Waals surface area contributed by atoms with Crippen molar-refractivity contribution in [2.75, 3.05) is 0 Å². The molecule has 98 valence electrons. The van der Waals surface area contributed by atoms with E-state index in [2.05, 4.69) is 19.1 Å². The molecule has 2 heteroatoms. The summed E-state index contributed by atoms with van der Waals surface area (Å²) in [5, 5.41) is 0. The van der Waals surface area contributed by atoms with Crippen molar-refractivity contribution in [3.05, 3.63) is 71.8 Å². The van der Waals surface area contributed by atoms with Crippen molar-refractivity contribution in [3.8, 4) is 0 Å². The van der Waals surface area contributed by atoms with Crippen LogP contribution in [0.15, 0.2) is 60.7 Å². The molecule has 0 fully saturated rings. The molecule has 2 aromatic carbocycles. The highest BCUT2D eigenvalue weighted by Gasteiger charge is 2.23. The second-order valence-corrected chi connectivity index (χ2v) is 4.64. The highest BCUT2D eigenvalue weighted by molar-refractivity contribution is 5.66. The normalized spacial score (nSPS) is 13.6. The quantitative estimate of drug-likeness (QED) is 0.768. The molecule has 0 aliphatic rings. The number of rotatable bonds is 4. The lowest BCUT2D eigenvalue weighted by molar-refractivity contribution is -0.147. The smallest absolute Gasteiger partial charge is 0.303 e. The first-order valence-corrected chi connectivity index (χ1v) is 6.45. The number of benzene rings is 2. The topological polar surface area (TPSA) is 26.3 Å². The molecule has 0 saturated carbocycles. The zero-order valence-electron chi connectivity index (χ0n) is 11.2. The fourth-order valence-electron chi connectivity index (χ4n) is 2.21. The second kappa shape index (κ2) is 6.19. The van der Waals surface area contributed by atoms with Gasteiger partial charge in [0.25, 0.3) is 0 Å². The second-order valence-electron chi connectivity index (χ2n) is 4.64. The van der Waals surface area contributed by atoms with Gasteiger partial charge in [-0.15, -0.1) is 0 Å². The van der Waals surface area contributed by atoms with E-state index in [0.29, 0.717) is 0 Å². The summed E-state index contributed by atoms with van der Waals surface area (Å²) in [5.74, 6) is -0.135. The number of hydrogen-bond acceptors (Lipinski definition) is 2. The zero-order chi connectivity index (χ0) is 13.7. The minimum absolute atomic E-state index is 0.118. The molecule has 2 aromatic rings. The number of carbonyl (C=O) groups excluding carboxylic acids is 1. The van der Waals surface area contributed by atoms with E-state index < -0.39 is 0 Å². The maximum atomic E-state index is 11.3. The minimum atomic E-state index is -0.253. The average molecular weight is 254 g/mol. The lowest BCUT2D eigenvalue weighted by atomic mass is 9.90. The highest BCUT2D eigenvalue weighted by Crippen LogP contribution is 2.33. The number of hydrogen-bond donors (Lipinski definition) is 0. The highest BCUT2D eigenvalue weighted by atomic mass is 16.5. The van der Waals surface area contributed by atoms with Gasteiger partial charge in [-0.2, -0.15) is 0 Å². The molecule has 0 radical (unpaired) electrons. The Bertz CT molecular complexity index is 519. The van der Waals surface area contributed by atoms with Crippen LogP contribution in [0.4, 0.5) is 0 Å². The van der Waals surface area contributed by atoms with Gasteiger partial charge in [0.15, 0.2) is 0 Å². The molecule has 0 bridgehead atoms. The Morgan fingerprint density at radius 1 is 0.895 bits per heavy atom. The lowest BCUT2D eigenvalue weighted by Crippen LogP contribution is -2.15. The Balaban J connectivity index is 2.30. The van der Waals surface area contributed by atoms with Gasteiger partial charge in [0.05, 0.1) is 0 Å². The van der Waals surface area contributed by atoms with Crippen LogP contribution in [0.25, 0.3) is 0 Å². The zero-order valence-corrected chi connectivity index (χ0v) is 11.2. The molecule has 0 aliphatic heterocycles. The van der Waals surface area contributed by atoms with Crippen molar-refractivity contribution >= 4 is 5.97 Å². The third-order valence-electron chi connectivity index (χ3n) is 3.20.